The van der Waals surface area contributed by atoms with Crippen LogP contribution in [0.1, 0.15) is 36.8 Å². The highest BCUT2D eigenvalue weighted by molar-refractivity contribution is 5.78. The summed E-state index contributed by atoms with van der Waals surface area (Å²) in [4.78, 5) is 17.1. The highest BCUT2D eigenvalue weighted by Gasteiger charge is 2.48. The molecule has 3 aliphatic rings. The van der Waals surface area contributed by atoms with Crippen molar-refractivity contribution >= 4 is 5.91 Å². The molecule has 3 fully saturated rings. The van der Waals surface area contributed by atoms with Crippen LogP contribution in [0.2, 0.25) is 0 Å². The predicted molar refractivity (Wildman–Crippen MR) is 106 cm³/mol. The lowest BCUT2D eigenvalue weighted by atomic mass is 9.72. The average molecular weight is 389 g/mol. The fraction of sp³-hybridized carbons (Fsp3) is 0.682. The molecule has 0 aliphatic carbocycles. The molecular formula is C22H32N2O4. The van der Waals surface area contributed by atoms with Crippen LogP contribution in [0.5, 0.6) is 5.75 Å². The molecule has 1 aromatic carbocycles. The summed E-state index contributed by atoms with van der Waals surface area (Å²) >= 11 is 0. The Morgan fingerprint density at radius 1 is 1.21 bits per heavy atom. The largest absolute Gasteiger partial charge is 0.496 e. The number of hydrogen-bond acceptors (Lipinski definition) is 5. The van der Waals surface area contributed by atoms with Crippen molar-refractivity contribution in [3.63, 3.8) is 0 Å². The van der Waals surface area contributed by atoms with Crippen molar-refractivity contribution in [2.24, 2.45) is 11.8 Å². The minimum Gasteiger partial charge on any atom is -0.496 e. The van der Waals surface area contributed by atoms with Gasteiger partial charge < -0.3 is 19.5 Å². The van der Waals surface area contributed by atoms with Crippen LogP contribution in [-0.4, -0.2) is 66.8 Å². The van der Waals surface area contributed by atoms with E-state index in [2.05, 4.69) is 21.9 Å². The monoisotopic (exact) mass is 388 g/mol. The number of nitrogens with zero attached hydrogens (tertiary/aromatic N) is 2. The summed E-state index contributed by atoms with van der Waals surface area (Å²) in [5.41, 5.74) is 2.32. The predicted octanol–water partition coefficient (Wildman–Crippen LogP) is 2.04. The first-order valence-electron chi connectivity index (χ1n) is 10.4. The standard InChI is InChI=1S/C22H32N2O4/c1-27-14-18-8-15(6-7-21(18)28-2)10-23-11-16-9-17(12-23)20(13-25)24-19(16)4-3-5-22(24)26/h6-8,16-17,19-20,25H,3-5,9-14H2,1-2H3/t16-,17+,19+,20+/m1/s1. The van der Waals surface area contributed by atoms with Crippen LogP contribution < -0.4 is 4.74 Å². The molecule has 3 aliphatic heterocycles. The van der Waals surface area contributed by atoms with Crippen molar-refractivity contribution in [3.8, 4) is 5.75 Å². The van der Waals surface area contributed by atoms with Gasteiger partial charge in [-0.25, -0.2) is 0 Å². The lowest BCUT2D eigenvalue weighted by Crippen LogP contribution is -2.65. The lowest BCUT2D eigenvalue weighted by Gasteiger charge is -2.56. The minimum atomic E-state index is -0.0169. The highest BCUT2D eigenvalue weighted by atomic mass is 16.5. The summed E-state index contributed by atoms with van der Waals surface area (Å²) in [7, 11) is 3.39. The van der Waals surface area contributed by atoms with E-state index in [9.17, 15) is 9.90 Å². The van der Waals surface area contributed by atoms with Crippen molar-refractivity contribution < 1.29 is 19.4 Å². The number of methoxy groups -OCH3 is 2. The van der Waals surface area contributed by atoms with Crippen LogP contribution in [0, 0.1) is 11.8 Å². The summed E-state index contributed by atoms with van der Waals surface area (Å²) in [5, 5.41) is 10.0. The number of fused-ring (bicyclic) bond motifs is 4. The van der Waals surface area contributed by atoms with Crippen LogP contribution in [-0.2, 0) is 22.7 Å². The molecule has 3 saturated heterocycles. The zero-order chi connectivity index (χ0) is 19.7. The van der Waals surface area contributed by atoms with Crippen LogP contribution in [0.4, 0.5) is 0 Å². The molecule has 28 heavy (non-hydrogen) atoms. The summed E-state index contributed by atoms with van der Waals surface area (Å²) in [6.45, 7) is 3.45. The summed E-state index contributed by atoms with van der Waals surface area (Å²) in [6, 6.07) is 6.61. The number of carbonyl (C=O) groups is 1. The van der Waals surface area contributed by atoms with Gasteiger partial charge >= 0.3 is 0 Å². The van der Waals surface area contributed by atoms with Crippen molar-refractivity contribution in [2.75, 3.05) is 33.9 Å². The van der Waals surface area contributed by atoms with Gasteiger partial charge in [0, 0.05) is 44.8 Å². The third-order valence-corrected chi connectivity index (χ3v) is 6.81. The molecule has 4 atom stereocenters. The number of piperidine rings is 3. The van der Waals surface area contributed by atoms with E-state index in [-0.39, 0.29) is 18.6 Å². The van der Waals surface area contributed by atoms with Gasteiger partial charge in [-0.1, -0.05) is 6.07 Å². The van der Waals surface area contributed by atoms with E-state index in [1.807, 2.05) is 6.07 Å². The zero-order valence-electron chi connectivity index (χ0n) is 17.0. The molecule has 6 heteroatoms. The second-order valence-electron chi connectivity index (χ2n) is 8.54. The van der Waals surface area contributed by atoms with E-state index in [4.69, 9.17) is 9.47 Å². The Balaban J connectivity index is 1.51. The van der Waals surface area contributed by atoms with E-state index in [1.54, 1.807) is 14.2 Å². The summed E-state index contributed by atoms with van der Waals surface area (Å²) in [6.07, 6.45) is 3.84. The number of rotatable bonds is 6. The lowest BCUT2D eigenvalue weighted by molar-refractivity contribution is -0.155. The average Bonchev–Trinajstić information content (AvgIpc) is 2.69. The fourth-order valence-electron chi connectivity index (χ4n) is 5.69. The number of aliphatic hydroxyl groups is 1. The van der Waals surface area contributed by atoms with Crippen LogP contribution in [0.25, 0.3) is 0 Å². The van der Waals surface area contributed by atoms with Gasteiger partial charge in [0.15, 0.2) is 0 Å². The summed E-state index contributed by atoms with van der Waals surface area (Å²) in [5.74, 6) is 1.98. The Bertz CT molecular complexity index is 696. The first kappa shape index (κ1) is 19.7. The van der Waals surface area contributed by atoms with E-state index in [0.29, 0.717) is 30.9 Å². The maximum atomic E-state index is 12.5. The third kappa shape index (κ3) is 3.65. The molecule has 0 spiro atoms. The Kier molecular flexibility index (Phi) is 5.90. The first-order valence-corrected chi connectivity index (χ1v) is 10.4. The van der Waals surface area contributed by atoms with Gasteiger partial charge in [0.2, 0.25) is 5.91 Å². The number of likely N-dealkylation sites (tertiary alicyclic amines) is 1. The molecule has 154 valence electrons. The second-order valence-corrected chi connectivity index (χ2v) is 8.54. The fourth-order valence-corrected chi connectivity index (χ4v) is 5.69. The second kappa shape index (κ2) is 8.39. The summed E-state index contributed by atoms with van der Waals surface area (Å²) < 4.78 is 10.8. The highest BCUT2D eigenvalue weighted by Crippen LogP contribution is 2.41. The normalized spacial score (nSPS) is 30.2. The number of aliphatic hydroxyl groups excluding tert-OH is 1. The van der Waals surface area contributed by atoms with Gasteiger partial charge in [-0.2, -0.15) is 0 Å². The molecule has 3 heterocycles. The van der Waals surface area contributed by atoms with Crippen LogP contribution in [0.3, 0.4) is 0 Å². The molecule has 0 aromatic heterocycles. The minimum absolute atomic E-state index is 0.0169. The molecule has 0 unspecified atom stereocenters. The van der Waals surface area contributed by atoms with Gasteiger partial charge in [0.1, 0.15) is 5.75 Å². The van der Waals surface area contributed by atoms with E-state index in [1.165, 1.54) is 5.56 Å². The molecule has 0 saturated carbocycles. The van der Waals surface area contributed by atoms with Gasteiger partial charge in [0.25, 0.3) is 0 Å². The number of ether oxygens (including phenoxy) is 2. The maximum Gasteiger partial charge on any atom is 0.223 e. The molecule has 1 aromatic rings. The van der Waals surface area contributed by atoms with Crippen molar-refractivity contribution in [1.82, 2.24) is 9.80 Å². The maximum absolute atomic E-state index is 12.5. The van der Waals surface area contributed by atoms with E-state index in [0.717, 1.165) is 50.2 Å². The van der Waals surface area contributed by atoms with Crippen molar-refractivity contribution in [2.45, 2.75) is 50.9 Å². The van der Waals surface area contributed by atoms with E-state index >= 15 is 0 Å². The van der Waals surface area contributed by atoms with Crippen LogP contribution >= 0.6 is 0 Å². The Morgan fingerprint density at radius 2 is 2.04 bits per heavy atom. The Labute approximate surface area is 167 Å². The molecule has 1 N–H and O–H groups in total. The number of carbonyl (C=O) groups excluding carboxylic acids is 1. The van der Waals surface area contributed by atoms with Crippen LogP contribution in [0.15, 0.2) is 18.2 Å². The van der Waals surface area contributed by atoms with E-state index < -0.39 is 0 Å². The number of hydrogen-bond donors (Lipinski definition) is 1. The van der Waals surface area contributed by atoms with Gasteiger partial charge in [-0.15, -0.1) is 0 Å². The van der Waals surface area contributed by atoms with Gasteiger partial charge in [-0.05, 0) is 48.8 Å². The third-order valence-electron chi connectivity index (χ3n) is 6.81. The topological polar surface area (TPSA) is 62.2 Å². The number of benzene rings is 1. The Morgan fingerprint density at radius 3 is 2.79 bits per heavy atom. The van der Waals surface area contributed by atoms with Crippen molar-refractivity contribution in [1.29, 1.82) is 0 Å². The first-order chi connectivity index (χ1) is 13.6. The molecule has 2 bridgehead atoms. The Hall–Kier alpha value is -1.63. The molecule has 4 rings (SSSR count). The molecular weight excluding hydrogens is 356 g/mol. The molecule has 6 nitrogen and oxygen atoms in total. The zero-order valence-corrected chi connectivity index (χ0v) is 17.0. The molecule has 1 amide bonds. The van der Waals surface area contributed by atoms with Gasteiger partial charge in [-0.3, -0.25) is 9.69 Å². The smallest absolute Gasteiger partial charge is 0.223 e. The molecule has 0 radical (unpaired) electrons. The number of amides is 1. The quantitative estimate of drug-likeness (QED) is 0.808. The van der Waals surface area contributed by atoms with Crippen molar-refractivity contribution in [3.05, 3.63) is 29.3 Å². The van der Waals surface area contributed by atoms with Gasteiger partial charge in [0.05, 0.1) is 26.4 Å². The SMILES string of the molecule is COCc1cc(CN2C[C@H]3C[C@@H](C2)[C@H](CO)N2C(=O)CCC[C@@H]32)ccc1OC.